The minimum atomic E-state index is -0.194. The number of carbonyl (C=O) groups excluding carboxylic acids is 1. The van der Waals surface area contributed by atoms with Gasteiger partial charge in [0.05, 0.1) is 13.0 Å². The number of nitrogens with zero attached hydrogens (tertiary/aromatic N) is 1. The summed E-state index contributed by atoms with van der Waals surface area (Å²) in [5, 5.41) is 1.29. The molecule has 0 radical (unpaired) electrons. The van der Waals surface area contributed by atoms with Crippen molar-refractivity contribution in [1.82, 2.24) is 5.06 Å². The van der Waals surface area contributed by atoms with E-state index >= 15 is 0 Å². The Balaban J connectivity index is 3.01. The number of likely N-dealkylation sites (N-methyl/N-ethyl adjacent to an activating group) is 1. The fraction of sp³-hybridized carbons (Fsp3) is 0.438. The first-order valence-electron chi connectivity index (χ1n) is 6.47. The quantitative estimate of drug-likeness (QED) is 0.600. The van der Waals surface area contributed by atoms with E-state index in [1.165, 1.54) is 23.3 Å². The topological polar surface area (TPSA) is 29.5 Å². The first kappa shape index (κ1) is 15.4. The van der Waals surface area contributed by atoms with Gasteiger partial charge in [-0.05, 0) is 32.8 Å². The Bertz CT molecular complexity index is 444. The third-order valence-corrected chi connectivity index (χ3v) is 3.12. The number of hydrogen-bond acceptors (Lipinski definition) is 2. The Hall–Kier alpha value is -1.61. The molecule has 1 atom stereocenters. The first-order valence-corrected chi connectivity index (χ1v) is 6.47. The van der Waals surface area contributed by atoms with Gasteiger partial charge in [0.1, 0.15) is 0 Å². The van der Waals surface area contributed by atoms with Crippen LogP contribution in [-0.4, -0.2) is 25.1 Å². The summed E-state index contributed by atoms with van der Waals surface area (Å²) in [6.07, 6.45) is 2.78. The Morgan fingerprint density at radius 3 is 2.37 bits per heavy atom. The van der Waals surface area contributed by atoms with Crippen LogP contribution < -0.4 is 0 Å². The van der Waals surface area contributed by atoms with Gasteiger partial charge in [0, 0.05) is 7.05 Å². The lowest BCUT2D eigenvalue weighted by Gasteiger charge is -2.21. The molecule has 0 aromatic heterocycles. The van der Waals surface area contributed by atoms with Crippen molar-refractivity contribution >= 4 is 5.91 Å². The van der Waals surface area contributed by atoms with Crippen LogP contribution in [-0.2, 0) is 9.63 Å². The summed E-state index contributed by atoms with van der Waals surface area (Å²) in [4.78, 5) is 17.4. The van der Waals surface area contributed by atoms with Crippen LogP contribution in [0.3, 0.4) is 0 Å². The van der Waals surface area contributed by atoms with Gasteiger partial charge in [0.15, 0.2) is 0 Å². The maximum Gasteiger partial charge on any atom is 0.253 e. The van der Waals surface area contributed by atoms with Gasteiger partial charge in [0.2, 0.25) is 0 Å². The van der Waals surface area contributed by atoms with E-state index in [2.05, 4.69) is 6.08 Å². The van der Waals surface area contributed by atoms with Crippen molar-refractivity contribution in [3.05, 3.63) is 47.0 Å². The van der Waals surface area contributed by atoms with Gasteiger partial charge in [-0.2, -0.15) is 0 Å². The van der Waals surface area contributed by atoms with Crippen LogP contribution in [0, 0.1) is 6.92 Å². The molecule has 0 saturated carbocycles. The molecular weight excluding hydrogens is 238 g/mol. The van der Waals surface area contributed by atoms with E-state index in [-0.39, 0.29) is 11.8 Å². The molecular formula is C16H23NO2. The molecule has 1 rings (SSSR count). The number of aryl methyl sites for hydroxylation is 1. The highest BCUT2D eigenvalue weighted by Crippen LogP contribution is 2.23. The van der Waals surface area contributed by atoms with Gasteiger partial charge in [-0.25, -0.2) is 5.06 Å². The van der Waals surface area contributed by atoms with Crippen LogP contribution in [0.5, 0.6) is 0 Å². The number of hydroxylamine groups is 2. The lowest BCUT2D eigenvalue weighted by Crippen LogP contribution is -2.30. The van der Waals surface area contributed by atoms with Gasteiger partial charge in [-0.15, -0.1) is 0 Å². The maximum atomic E-state index is 12.3. The summed E-state index contributed by atoms with van der Waals surface area (Å²) in [5.74, 6) is -0.218. The minimum absolute atomic E-state index is 0.0242. The smallest absolute Gasteiger partial charge is 0.253 e. The second-order valence-electron chi connectivity index (χ2n) is 5.00. The molecule has 0 fully saturated rings. The minimum Gasteiger partial charge on any atom is -0.275 e. The molecule has 0 heterocycles. The Morgan fingerprint density at radius 1 is 1.32 bits per heavy atom. The zero-order chi connectivity index (χ0) is 14.4. The molecule has 0 aliphatic carbocycles. The molecule has 0 spiro atoms. The van der Waals surface area contributed by atoms with Crippen LogP contribution in [0.2, 0.25) is 0 Å². The third-order valence-electron chi connectivity index (χ3n) is 3.12. The number of benzene rings is 1. The van der Waals surface area contributed by atoms with Crippen molar-refractivity contribution in [3.63, 3.8) is 0 Å². The van der Waals surface area contributed by atoms with Crippen LogP contribution >= 0.6 is 0 Å². The van der Waals surface area contributed by atoms with Crippen molar-refractivity contribution in [1.29, 1.82) is 0 Å². The Kier molecular flexibility index (Phi) is 5.77. The molecule has 1 amide bonds. The van der Waals surface area contributed by atoms with Gasteiger partial charge in [0.25, 0.3) is 5.91 Å². The van der Waals surface area contributed by atoms with Crippen molar-refractivity contribution < 1.29 is 9.63 Å². The number of allylic oxidation sites excluding steroid dienone is 2. The monoisotopic (exact) mass is 261 g/mol. The number of carbonyl (C=O) groups is 1. The van der Waals surface area contributed by atoms with E-state index in [1.54, 1.807) is 7.05 Å². The zero-order valence-corrected chi connectivity index (χ0v) is 12.4. The van der Waals surface area contributed by atoms with Gasteiger partial charge in [-0.1, -0.05) is 41.5 Å². The molecule has 19 heavy (non-hydrogen) atoms. The lowest BCUT2D eigenvalue weighted by atomic mass is 9.93. The van der Waals surface area contributed by atoms with Crippen LogP contribution in [0.15, 0.2) is 35.9 Å². The van der Waals surface area contributed by atoms with E-state index in [0.29, 0.717) is 6.42 Å². The summed E-state index contributed by atoms with van der Waals surface area (Å²) >= 11 is 0. The van der Waals surface area contributed by atoms with Crippen molar-refractivity contribution in [2.75, 3.05) is 14.2 Å². The molecule has 3 heteroatoms. The highest BCUT2D eigenvalue weighted by molar-refractivity contribution is 5.82. The lowest BCUT2D eigenvalue weighted by molar-refractivity contribution is -0.170. The van der Waals surface area contributed by atoms with Crippen molar-refractivity contribution in [2.45, 2.75) is 33.1 Å². The van der Waals surface area contributed by atoms with Crippen molar-refractivity contribution in [3.8, 4) is 0 Å². The van der Waals surface area contributed by atoms with Crippen LogP contribution in [0.1, 0.15) is 37.3 Å². The number of hydrogen-bond donors (Lipinski definition) is 0. The van der Waals surface area contributed by atoms with E-state index in [0.717, 1.165) is 5.56 Å². The van der Waals surface area contributed by atoms with Crippen molar-refractivity contribution in [2.24, 2.45) is 0 Å². The maximum absolute atomic E-state index is 12.3. The first-order chi connectivity index (χ1) is 8.95. The largest absolute Gasteiger partial charge is 0.275 e. The van der Waals surface area contributed by atoms with E-state index < -0.39 is 0 Å². The standard InChI is InChI=1S/C16H23NO2/c1-12(2)6-11-15(16(18)17(4)19-5)14-9-7-13(3)8-10-14/h6-10,15H,11H2,1-5H3. The summed E-state index contributed by atoms with van der Waals surface area (Å²) in [6, 6.07) is 8.09. The summed E-state index contributed by atoms with van der Waals surface area (Å²) < 4.78 is 0. The molecule has 1 aromatic carbocycles. The van der Waals surface area contributed by atoms with Gasteiger partial charge >= 0.3 is 0 Å². The van der Waals surface area contributed by atoms with E-state index in [1.807, 2.05) is 45.0 Å². The van der Waals surface area contributed by atoms with Gasteiger partial charge < -0.3 is 0 Å². The highest BCUT2D eigenvalue weighted by Gasteiger charge is 2.23. The fourth-order valence-corrected chi connectivity index (χ4v) is 1.84. The normalized spacial score (nSPS) is 11.8. The molecule has 3 nitrogen and oxygen atoms in total. The molecule has 0 saturated heterocycles. The average Bonchev–Trinajstić information content (AvgIpc) is 2.39. The molecule has 0 aliphatic heterocycles. The molecule has 0 aliphatic rings. The molecule has 104 valence electrons. The molecule has 1 unspecified atom stereocenters. The van der Waals surface area contributed by atoms with Crippen LogP contribution in [0.4, 0.5) is 0 Å². The molecule has 1 aromatic rings. The summed E-state index contributed by atoms with van der Waals surface area (Å²) in [6.45, 7) is 6.12. The second kappa shape index (κ2) is 7.10. The van der Waals surface area contributed by atoms with Gasteiger partial charge in [-0.3, -0.25) is 9.63 Å². The fourth-order valence-electron chi connectivity index (χ4n) is 1.84. The third kappa shape index (κ3) is 4.52. The number of rotatable bonds is 5. The predicted octanol–water partition coefficient (Wildman–Crippen LogP) is 3.45. The summed E-state index contributed by atoms with van der Waals surface area (Å²) in [7, 11) is 3.15. The predicted molar refractivity (Wildman–Crippen MR) is 77.7 cm³/mol. The Morgan fingerprint density at radius 2 is 1.89 bits per heavy atom. The average molecular weight is 261 g/mol. The molecule has 0 N–H and O–H groups in total. The molecule has 0 bridgehead atoms. The highest BCUT2D eigenvalue weighted by atomic mass is 16.7. The van der Waals surface area contributed by atoms with E-state index in [9.17, 15) is 4.79 Å². The Labute approximate surface area is 115 Å². The SMILES string of the molecule is CON(C)C(=O)C(CC=C(C)C)c1ccc(C)cc1. The zero-order valence-electron chi connectivity index (χ0n) is 12.4. The number of amides is 1. The summed E-state index contributed by atoms with van der Waals surface area (Å²) in [5.41, 5.74) is 3.43. The van der Waals surface area contributed by atoms with E-state index in [4.69, 9.17) is 4.84 Å². The van der Waals surface area contributed by atoms with Crippen LogP contribution in [0.25, 0.3) is 0 Å². The second-order valence-corrected chi connectivity index (χ2v) is 5.00.